The first kappa shape index (κ1) is 19.1. The molecule has 26 heavy (non-hydrogen) atoms. The highest BCUT2D eigenvalue weighted by Gasteiger charge is 2.44. The van der Waals surface area contributed by atoms with Crippen LogP contribution < -0.4 is 5.32 Å². The minimum atomic E-state index is -4.88. The van der Waals surface area contributed by atoms with Crippen molar-refractivity contribution >= 4 is 16.0 Å². The maximum Gasteiger partial charge on any atom is 0.417 e. The smallest absolute Gasteiger partial charge is 0.417 e. The van der Waals surface area contributed by atoms with E-state index >= 15 is 0 Å². The highest BCUT2D eigenvalue weighted by Crippen LogP contribution is 2.37. The minimum absolute atomic E-state index is 0.227. The van der Waals surface area contributed by atoms with Gasteiger partial charge in [-0.1, -0.05) is 0 Å². The van der Waals surface area contributed by atoms with Crippen molar-refractivity contribution in [2.75, 3.05) is 20.2 Å². The molecular formula is C16H19F3N2O4S. The molecule has 0 saturated carbocycles. The molecule has 2 atom stereocenters. The summed E-state index contributed by atoms with van der Waals surface area (Å²) in [6.07, 6.45) is -2.91. The summed E-state index contributed by atoms with van der Waals surface area (Å²) in [5.41, 5.74) is -2.02. The molecule has 0 aromatic heterocycles. The lowest BCUT2D eigenvalue weighted by atomic mass is 10.1. The van der Waals surface area contributed by atoms with E-state index < -0.39 is 38.2 Å². The third-order valence-electron chi connectivity index (χ3n) is 4.86. The summed E-state index contributed by atoms with van der Waals surface area (Å²) in [6, 6.07) is 1.92. The molecule has 2 saturated heterocycles. The van der Waals surface area contributed by atoms with Crippen molar-refractivity contribution in [1.82, 2.24) is 9.62 Å². The fourth-order valence-electron chi connectivity index (χ4n) is 3.66. The van der Waals surface area contributed by atoms with Crippen molar-refractivity contribution in [1.29, 1.82) is 0 Å². The Labute approximate surface area is 149 Å². The third kappa shape index (κ3) is 3.33. The van der Waals surface area contributed by atoms with Gasteiger partial charge in [0.25, 0.3) is 0 Å². The number of carbonyl (C=O) groups is 1. The number of hydrogen-bond acceptors (Lipinski definition) is 5. The van der Waals surface area contributed by atoms with Crippen LogP contribution in [0.25, 0.3) is 0 Å². The summed E-state index contributed by atoms with van der Waals surface area (Å²) in [5, 5.41) is 3.15. The molecule has 144 valence electrons. The standard InChI is InChI=1S/C16H19F3N2O4S/c1-25-15(22)13-5-4-12(8-14(13)16(17,18)19)26(23,24)21-10-2-3-11(21)9-20-7-6-10/h4-5,8,10-11,20H,2-3,6-7,9H2,1H3. The first-order valence-electron chi connectivity index (χ1n) is 8.20. The third-order valence-corrected chi connectivity index (χ3v) is 6.87. The van der Waals surface area contributed by atoms with E-state index in [2.05, 4.69) is 10.1 Å². The monoisotopic (exact) mass is 392 g/mol. The van der Waals surface area contributed by atoms with Gasteiger partial charge < -0.3 is 10.1 Å². The van der Waals surface area contributed by atoms with E-state index in [4.69, 9.17) is 0 Å². The number of nitrogens with one attached hydrogen (secondary N) is 1. The first-order valence-corrected chi connectivity index (χ1v) is 9.64. The molecule has 0 amide bonds. The van der Waals surface area contributed by atoms with Gasteiger partial charge >= 0.3 is 12.1 Å². The molecule has 0 spiro atoms. The van der Waals surface area contributed by atoms with E-state index in [1.54, 1.807) is 0 Å². The molecule has 6 nitrogen and oxygen atoms in total. The summed E-state index contributed by atoms with van der Waals surface area (Å²) in [4.78, 5) is 11.2. The lowest BCUT2D eigenvalue weighted by Gasteiger charge is -2.27. The van der Waals surface area contributed by atoms with Crippen LogP contribution in [0.3, 0.4) is 0 Å². The molecule has 0 aliphatic carbocycles. The normalized spacial score (nSPS) is 24.3. The summed E-state index contributed by atoms with van der Waals surface area (Å²) < 4.78 is 71.9. The second-order valence-corrected chi connectivity index (χ2v) is 8.25. The fraction of sp³-hybridized carbons (Fsp3) is 0.562. The molecule has 3 rings (SSSR count). The molecule has 2 bridgehead atoms. The Balaban J connectivity index is 2.07. The topological polar surface area (TPSA) is 75.7 Å². The van der Waals surface area contributed by atoms with E-state index in [0.717, 1.165) is 19.2 Å². The Morgan fingerprint density at radius 2 is 1.92 bits per heavy atom. The summed E-state index contributed by atoms with van der Waals surface area (Å²) in [6.45, 7) is 1.14. The molecular weight excluding hydrogens is 373 g/mol. The van der Waals surface area contributed by atoms with Crippen molar-refractivity contribution < 1.29 is 31.1 Å². The van der Waals surface area contributed by atoms with Gasteiger partial charge in [-0.05, 0) is 44.0 Å². The second kappa shape index (κ2) is 6.82. The van der Waals surface area contributed by atoms with Crippen LogP contribution in [0.15, 0.2) is 23.1 Å². The van der Waals surface area contributed by atoms with Crippen molar-refractivity contribution in [3.05, 3.63) is 29.3 Å². The van der Waals surface area contributed by atoms with Crippen LogP contribution in [0.1, 0.15) is 35.2 Å². The van der Waals surface area contributed by atoms with Crippen LogP contribution in [-0.2, 0) is 20.9 Å². The molecule has 0 radical (unpaired) electrons. The second-order valence-electron chi connectivity index (χ2n) is 6.41. The SMILES string of the molecule is COC(=O)c1ccc(S(=O)(=O)N2C3CCNCC2CC3)cc1C(F)(F)F. The van der Waals surface area contributed by atoms with Gasteiger partial charge in [-0.2, -0.15) is 17.5 Å². The van der Waals surface area contributed by atoms with E-state index in [1.165, 1.54) is 4.31 Å². The molecule has 2 fully saturated rings. The van der Waals surface area contributed by atoms with E-state index in [0.29, 0.717) is 38.4 Å². The average Bonchev–Trinajstić information content (AvgIpc) is 2.86. The van der Waals surface area contributed by atoms with Crippen LogP contribution in [0.5, 0.6) is 0 Å². The van der Waals surface area contributed by atoms with E-state index in [9.17, 15) is 26.4 Å². The lowest BCUT2D eigenvalue weighted by Crippen LogP contribution is -2.42. The molecule has 1 aromatic carbocycles. The quantitative estimate of drug-likeness (QED) is 0.797. The Bertz CT molecular complexity index is 796. The van der Waals surface area contributed by atoms with Crippen molar-refractivity contribution in [2.24, 2.45) is 0 Å². The Hall–Kier alpha value is -1.65. The van der Waals surface area contributed by atoms with Crippen LogP contribution in [0, 0.1) is 0 Å². The average molecular weight is 392 g/mol. The maximum atomic E-state index is 13.4. The predicted molar refractivity (Wildman–Crippen MR) is 86.1 cm³/mol. The number of halogens is 3. The van der Waals surface area contributed by atoms with Crippen LogP contribution in [0.4, 0.5) is 13.2 Å². The first-order chi connectivity index (χ1) is 12.2. The Morgan fingerprint density at radius 1 is 1.23 bits per heavy atom. The number of hydrogen-bond donors (Lipinski definition) is 1. The predicted octanol–water partition coefficient (Wildman–Crippen LogP) is 2.01. The number of ether oxygens (including phenoxy) is 1. The Morgan fingerprint density at radius 3 is 2.58 bits per heavy atom. The summed E-state index contributed by atoms with van der Waals surface area (Å²) in [7, 11) is -3.14. The van der Waals surface area contributed by atoms with Gasteiger partial charge in [0.2, 0.25) is 10.0 Å². The number of rotatable bonds is 3. The highest BCUT2D eigenvalue weighted by atomic mass is 32.2. The minimum Gasteiger partial charge on any atom is -0.465 e. The van der Waals surface area contributed by atoms with Crippen LogP contribution >= 0.6 is 0 Å². The van der Waals surface area contributed by atoms with Gasteiger partial charge in [-0.15, -0.1) is 0 Å². The summed E-state index contributed by atoms with van der Waals surface area (Å²) in [5.74, 6) is -1.17. The van der Waals surface area contributed by atoms with Crippen molar-refractivity contribution in [3.8, 4) is 0 Å². The van der Waals surface area contributed by atoms with Gasteiger partial charge in [0, 0.05) is 18.6 Å². The zero-order valence-corrected chi connectivity index (χ0v) is 14.9. The van der Waals surface area contributed by atoms with E-state index in [1.807, 2.05) is 0 Å². The van der Waals surface area contributed by atoms with E-state index in [-0.39, 0.29) is 12.1 Å². The van der Waals surface area contributed by atoms with Gasteiger partial charge in [-0.25, -0.2) is 13.2 Å². The molecule has 1 N–H and O–H groups in total. The van der Waals surface area contributed by atoms with Gasteiger partial charge in [-0.3, -0.25) is 0 Å². The van der Waals surface area contributed by atoms with Crippen molar-refractivity contribution in [2.45, 2.75) is 42.4 Å². The molecule has 2 heterocycles. The van der Waals surface area contributed by atoms with Crippen molar-refractivity contribution in [3.63, 3.8) is 0 Å². The van der Waals surface area contributed by atoms with Crippen LogP contribution in [-0.4, -0.2) is 51.0 Å². The lowest BCUT2D eigenvalue weighted by molar-refractivity contribution is -0.138. The number of benzene rings is 1. The zero-order chi connectivity index (χ0) is 19.1. The van der Waals surface area contributed by atoms with Gasteiger partial charge in [0.1, 0.15) is 0 Å². The molecule has 1 aromatic rings. The number of methoxy groups -OCH3 is 1. The largest absolute Gasteiger partial charge is 0.465 e. The Kier molecular flexibility index (Phi) is 5.02. The number of carbonyl (C=O) groups excluding carboxylic acids is 1. The number of nitrogens with zero attached hydrogens (tertiary/aromatic N) is 1. The molecule has 2 aliphatic rings. The summed E-state index contributed by atoms with van der Waals surface area (Å²) >= 11 is 0. The van der Waals surface area contributed by atoms with Gasteiger partial charge in [0.15, 0.2) is 0 Å². The number of sulfonamides is 1. The fourth-order valence-corrected chi connectivity index (χ4v) is 5.58. The highest BCUT2D eigenvalue weighted by molar-refractivity contribution is 7.89. The number of fused-ring (bicyclic) bond motifs is 2. The molecule has 2 aliphatic heterocycles. The molecule has 2 unspecified atom stereocenters. The zero-order valence-electron chi connectivity index (χ0n) is 14.0. The number of esters is 1. The van der Waals surface area contributed by atoms with Gasteiger partial charge in [0.05, 0.1) is 23.1 Å². The molecule has 10 heteroatoms. The van der Waals surface area contributed by atoms with Crippen LogP contribution in [0.2, 0.25) is 0 Å². The number of alkyl halides is 3. The maximum absolute atomic E-state index is 13.4.